The van der Waals surface area contributed by atoms with Gasteiger partial charge in [0.25, 0.3) is 0 Å². The van der Waals surface area contributed by atoms with Crippen LogP contribution < -0.4 is 4.74 Å². The van der Waals surface area contributed by atoms with Gasteiger partial charge < -0.3 is 9.30 Å². The van der Waals surface area contributed by atoms with Gasteiger partial charge in [-0.3, -0.25) is 4.68 Å². The van der Waals surface area contributed by atoms with Crippen molar-refractivity contribution < 1.29 is 25.8 Å². The number of hydrogen-bond acceptors (Lipinski definition) is 3. The molecule has 0 radical (unpaired) electrons. The third kappa shape index (κ3) is 7.21. The molecule has 0 saturated heterocycles. The van der Waals surface area contributed by atoms with Crippen LogP contribution in [0.15, 0.2) is 97.2 Å². The minimum Gasteiger partial charge on any atom is -0.509 e. The predicted octanol–water partition coefficient (Wildman–Crippen LogP) is 11.2. The van der Waals surface area contributed by atoms with E-state index in [0.717, 1.165) is 64.4 Å². The van der Waals surface area contributed by atoms with Gasteiger partial charge in [-0.2, -0.15) is 17.2 Å². The summed E-state index contributed by atoms with van der Waals surface area (Å²) in [7, 11) is 0. The van der Waals surface area contributed by atoms with E-state index in [4.69, 9.17) is 14.8 Å². The van der Waals surface area contributed by atoms with Gasteiger partial charge in [-0.1, -0.05) is 88.5 Å². The quantitative estimate of drug-likeness (QED) is 0.0909. The maximum Gasteiger partial charge on any atom is 2.00 e. The summed E-state index contributed by atoms with van der Waals surface area (Å²) in [5.41, 5.74) is 10.1. The number of benzene rings is 4. The van der Waals surface area contributed by atoms with Gasteiger partial charge in [0, 0.05) is 34.5 Å². The van der Waals surface area contributed by atoms with E-state index in [1.165, 1.54) is 47.0 Å². The van der Waals surface area contributed by atoms with Crippen LogP contribution in [-0.2, 0) is 40.3 Å². The maximum atomic E-state index is 6.50. The van der Waals surface area contributed by atoms with E-state index in [-0.39, 0.29) is 21.1 Å². The molecule has 3 heterocycles. The van der Waals surface area contributed by atoms with Crippen LogP contribution in [0.5, 0.6) is 11.5 Å². The van der Waals surface area contributed by atoms with Gasteiger partial charge >= 0.3 is 21.1 Å². The fourth-order valence-corrected chi connectivity index (χ4v) is 6.90. The van der Waals surface area contributed by atoms with Crippen molar-refractivity contribution in [2.45, 2.75) is 73.1 Å². The van der Waals surface area contributed by atoms with Crippen LogP contribution in [0.2, 0.25) is 0 Å². The number of nitrogens with zero attached hydrogens (tertiary/aromatic N) is 4. The van der Waals surface area contributed by atoms with Gasteiger partial charge in [0.2, 0.25) is 0 Å². The monoisotopic (exact) mass is 839 g/mol. The fourth-order valence-electron chi connectivity index (χ4n) is 6.90. The fraction of sp³-hybridized carbons (Fsp3) is 0.273. The first-order valence-electron chi connectivity index (χ1n) is 17.7. The van der Waals surface area contributed by atoms with E-state index in [1.54, 1.807) is 0 Å². The number of fused-ring (bicyclic) bond motifs is 3. The predicted molar refractivity (Wildman–Crippen MR) is 201 cm³/mol. The van der Waals surface area contributed by atoms with E-state index in [9.17, 15) is 0 Å². The Morgan fingerprint density at radius 3 is 2.38 bits per heavy atom. The van der Waals surface area contributed by atoms with Crippen LogP contribution in [0, 0.1) is 25.0 Å². The smallest absolute Gasteiger partial charge is 0.509 e. The minimum absolute atomic E-state index is 0. The van der Waals surface area contributed by atoms with E-state index < -0.39 is 0 Å². The number of aromatic nitrogens is 4. The van der Waals surface area contributed by atoms with Gasteiger partial charge in [-0.05, 0) is 84.5 Å². The largest absolute Gasteiger partial charge is 2.00 e. The summed E-state index contributed by atoms with van der Waals surface area (Å²) in [5, 5.41) is 7.41. The van der Waals surface area contributed by atoms with Crippen molar-refractivity contribution in [1.82, 2.24) is 19.3 Å². The molecule has 50 heavy (non-hydrogen) atoms. The zero-order valence-electron chi connectivity index (χ0n) is 29.6. The van der Waals surface area contributed by atoms with Crippen molar-refractivity contribution in [2.24, 2.45) is 5.92 Å². The average molecular weight is 840 g/mol. The van der Waals surface area contributed by atoms with E-state index in [1.807, 2.05) is 41.2 Å². The third-order valence-electron chi connectivity index (χ3n) is 9.33. The van der Waals surface area contributed by atoms with Crippen molar-refractivity contribution in [2.75, 3.05) is 0 Å². The van der Waals surface area contributed by atoms with Gasteiger partial charge in [0.15, 0.2) is 0 Å². The molecule has 7 rings (SSSR count). The summed E-state index contributed by atoms with van der Waals surface area (Å²) < 4.78 is 10.7. The van der Waals surface area contributed by atoms with E-state index >= 15 is 0 Å². The van der Waals surface area contributed by atoms with E-state index in [2.05, 4.69) is 112 Å². The molecule has 3 aromatic heterocycles. The van der Waals surface area contributed by atoms with Gasteiger partial charge in [-0.15, -0.1) is 35.7 Å². The van der Waals surface area contributed by atoms with Crippen molar-refractivity contribution in [1.29, 1.82) is 0 Å². The molecule has 0 fully saturated rings. The first-order chi connectivity index (χ1) is 23.9. The Bertz CT molecular complexity index is 2230. The first kappa shape index (κ1) is 35.4. The van der Waals surface area contributed by atoms with Crippen LogP contribution in [0.4, 0.5) is 0 Å². The number of unbranched alkanes of at least 4 members (excludes halogenated alkanes) is 1. The standard InChI is InChI=1S/C44H44N4O.Pt/c1-6-39-44(33-16-9-8-10-17-33)40(7-2)48(46-39)34-18-13-19-35(28-34)49-36-21-22-37-38-27-32(15-12-11-14-30(3)4)20-23-41(38)47(42(37)29-36)43-26-31(5)24-25-45-43;/h8-10,13,16-27,30H,6-7,11-12,14-15H2,1-5H3;/q-2;+2. The minimum atomic E-state index is 0. The summed E-state index contributed by atoms with van der Waals surface area (Å²) >= 11 is 0. The van der Waals surface area contributed by atoms with Crippen molar-refractivity contribution in [3.8, 4) is 34.1 Å². The third-order valence-corrected chi connectivity index (χ3v) is 9.33. The molecule has 4 aromatic carbocycles. The summed E-state index contributed by atoms with van der Waals surface area (Å²) in [6.07, 6.45) is 8.38. The Hall–Kier alpha value is -4.47. The second-order valence-corrected chi connectivity index (χ2v) is 13.4. The van der Waals surface area contributed by atoms with Crippen LogP contribution in [0.25, 0.3) is 44.4 Å². The number of rotatable bonds is 12. The molecular weight excluding hydrogens is 796 g/mol. The Morgan fingerprint density at radius 2 is 1.62 bits per heavy atom. The maximum absolute atomic E-state index is 6.50. The SMILES string of the molecule is CCc1nn(-c2[c-]c(Oc3[c-]c4c(cc3)c3cc(CCCCC(C)C)ccc3n4-c3cc(C)ccn3)ccc2)c(CC)c1-c1ccccc1.[Pt+2]. The molecule has 0 unspecified atom stereocenters. The van der Waals surface area contributed by atoms with Crippen molar-refractivity contribution >= 4 is 21.8 Å². The Kier molecular flexibility index (Phi) is 11.0. The molecule has 0 aliphatic rings. The molecule has 0 atom stereocenters. The van der Waals surface area contributed by atoms with Gasteiger partial charge in [-0.25, -0.2) is 4.98 Å². The Balaban J connectivity index is 0.00000432. The van der Waals surface area contributed by atoms with Gasteiger partial charge in [0.05, 0.1) is 5.69 Å². The number of ether oxygens (including phenoxy) is 1. The number of pyridine rings is 1. The molecule has 0 saturated carbocycles. The van der Waals surface area contributed by atoms with Crippen molar-refractivity contribution in [3.05, 3.63) is 132 Å². The zero-order chi connectivity index (χ0) is 33.9. The average Bonchev–Trinajstić information content (AvgIpc) is 3.66. The number of hydrogen-bond donors (Lipinski definition) is 0. The Morgan fingerprint density at radius 1 is 0.800 bits per heavy atom. The summed E-state index contributed by atoms with van der Waals surface area (Å²) in [6.45, 7) is 11.0. The second kappa shape index (κ2) is 15.6. The molecule has 5 nitrogen and oxygen atoms in total. The second-order valence-electron chi connectivity index (χ2n) is 13.4. The van der Waals surface area contributed by atoms with Crippen LogP contribution in [-0.4, -0.2) is 19.3 Å². The molecule has 0 amide bonds. The first-order valence-corrected chi connectivity index (χ1v) is 17.7. The van der Waals surface area contributed by atoms with E-state index in [0.29, 0.717) is 11.5 Å². The summed E-state index contributed by atoms with van der Waals surface area (Å²) in [5.74, 6) is 2.86. The van der Waals surface area contributed by atoms with Crippen LogP contribution in [0.1, 0.15) is 69.5 Å². The Labute approximate surface area is 310 Å². The molecule has 0 aliphatic heterocycles. The molecule has 0 bridgehead atoms. The van der Waals surface area contributed by atoms with Crippen molar-refractivity contribution in [3.63, 3.8) is 0 Å². The molecule has 7 aromatic rings. The summed E-state index contributed by atoms with van der Waals surface area (Å²) in [4.78, 5) is 4.78. The zero-order valence-corrected chi connectivity index (χ0v) is 31.8. The van der Waals surface area contributed by atoms with Crippen LogP contribution >= 0.6 is 0 Å². The topological polar surface area (TPSA) is 44.9 Å². The molecule has 0 spiro atoms. The molecule has 0 N–H and O–H groups in total. The molecule has 256 valence electrons. The molecule has 6 heteroatoms. The number of aryl methyl sites for hydroxylation is 3. The normalized spacial score (nSPS) is 11.4. The summed E-state index contributed by atoms with van der Waals surface area (Å²) in [6, 6.07) is 38.9. The van der Waals surface area contributed by atoms with Gasteiger partial charge in [0.1, 0.15) is 5.82 Å². The van der Waals surface area contributed by atoms with Crippen LogP contribution in [0.3, 0.4) is 0 Å². The molecule has 0 aliphatic carbocycles. The molecular formula is C44H44N4OPt.